The molecule has 0 aliphatic rings. The largest absolute Gasteiger partial charge is 0.312 e. The zero-order valence-corrected chi connectivity index (χ0v) is 6.11. The quantitative estimate of drug-likeness (QED) is 0.526. The third kappa shape index (κ3) is 4.87. The second-order valence-electron chi connectivity index (χ2n) is 1.32. The molecule has 0 aromatic rings. The molecule has 0 unspecified atom stereocenters. The molecule has 38 valence electrons. The minimum Gasteiger partial charge on any atom is -0.312 e. The van der Waals surface area contributed by atoms with E-state index < -0.39 is 6.34 Å². The fourth-order valence-corrected chi connectivity index (χ4v) is 0. The van der Waals surface area contributed by atoms with Crippen LogP contribution in [0.5, 0.6) is 0 Å². The van der Waals surface area contributed by atoms with E-state index in [0.29, 0.717) is 0 Å². The van der Waals surface area contributed by atoms with E-state index in [4.69, 9.17) is 10.7 Å². The Morgan fingerprint density at radius 3 is 1.83 bits per heavy atom. The van der Waals surface area contributed by atoms with Gasteiger partial charge >= 0.3 is 0 Å². The van der Waals surface area contributed by atoms with E-state index in [1.54, 1.807) is 13.3 Å². The first-order valence-corrected chi connectivity index (χ1v) is 6.26. The zero-order valence-electron chi connectivity index (χ0n) is 3.64. The summed E-state index contributed by atoms with van der Waals surface area (Å²) in [7, 11) is 6.04. The molecule has 0 fully saturated rings. The SMILES string of the molecule is CP(C)(=O)SCl. The fourth-order valence-electron chi connectivity index (χ4n) is 0. The number of rotatable bonds is 1. The maximum atomic E-state index is 10.4. The smallest absolute Gasteiger partial charge is 0.148 e. The van der Waals surface area contributed by atoms with Gasteiger partial charge in [0, 0.05) is 10.6 Å². The first-order valence-electron chi connectivity index (χ1n) is 1.41. The van der Waals surface area contributed by atoms with Crippen molar-refractivity contribution in [1.82, 2.24) is 0 Å². The molecule has 0 aliphatic carbocycles. The molecular formula is C2H6ClOPS. The van der Waals surface area contributed by atoms with Crippen molar-refractivity contribution in [3.05, 3.63) is 0 Å². The first kappa shape index (κ1) is 6.87. The maximum absolute atomic E-state index is 10.4. The van der Waals surface area contributed by atoms with Gasteiger partial charge in [0.05, 0.1) is 0 Å². The second kappa shape index (κ2) is 2.25. The first-order chi connectivity index (χ1) is 2.56. The molecule has 0 heterocycles. The van der Waals surface area contributed by atoms with Crippen LogP contribution in [0.15, 0.2) is 0 Å². The summed E-state index contributed by atoms with van der Waals surface area (Å²) in [5.41, 5.74) is 0. The lowest BCUT2D eigenvalue weighted by molar-refractivity contribution is 0.592. The van der Waals surface area contributed by atoms with E-state index in [1.165, 1.54) is 0 Å². The van der Waals surface area contributed by atoms with Crippen molar-refractivity contribution in [2.24, 2.45) is 0 Å². The van der Waals surface area contributed by atoms with Crippen LogP contribution >= 0.6 is 27.6 Å². The highest BCUT2D eigenvalue weighted by Crippen LogP contribution is 2.53. The Kier molecular flexibility index (Phi) is 2.57. The number of hydrogen-bond acceptors (Lipinski definition) is 2. The fraction of sp³-hybridized carbons (Fsp3) is 1.00. The second-order valence-corrected chi connectivity index (χ2v) is 8.26. The van der Waals surface area contributed by atoms with Crippen molar-refractivity contribution in [3.63, 3.8) is 0 Å². The van der Waals surface area contributed by atoms with Crippen LogP contribution in [0.1, 0.15) is 0 Å². The van der Waals surface area contributed by atoms with E-state index in [1.807, 2.05) is 0 Å². The van der Waals surface area contributed by atoms with Gasteiger partial charge in [0.2, 0.25) is 0 Å². The van der Waals surface area contributed by atoms with Gasteiger partial charge in [-0.1, -0.05) is 0 Å². The minimum absolute atomic E-state index is 0.910. The van der Waals surface area contributed by atoms with Gasteiger partial charge < -0.3 is 4.57 Å². The summed E-state index contributed by atoms with van der Waals surface area (Å²) in [5.74, 6) is 0. The van der Waals surface area contributed by atoms with Gasteiger partial charge in [0.15, 0.2) is 0 Å². The normalized spacial score (nSPS) is 11.8. The molecule has 0 radical (unpaired) electrons. The van der Waals surface area contributed by atoms with Crippen LogP contribution in [0.4, 0.5) is 0 Å². The molecule has 0 spiro atoms. The molecular weight excluding hydrogens is 139 g/mol. The van der Waals surface area contributed by atoms with Crippen molar-refractivity contribution in [2.75, 3.05) is 13.3 Å². The van der Waals surface area contributed by atoms with Crippen LogP contribution in [0.25, 0.3) is 0 Å². The van der Waals surface area contributed by atoms with Crippen LogP contribution in [0, 0.1) is 0 Å². The van der Waals surface area contributed by atoms with Crippen molar-refractivity contribution in [1.29, 1.82) is 0 Å². The zero-order chi connectivity index (χ0) is 5.21. The van der Waals surface area contributed by atoms with Gasteiger partial charge in [-0.25, -0.2) is 0 Å². The van der Waals surface area contributed by atoms with Crippen molar-refractivity contribution < 1.29 is 4.57 Å². The predicted molar refractivity (Wildman–Crippen MR) is 32.9 cm³/mol. The van der Waals surface area contributed by atoms with Crippen LogP contribution in [-0.4, -0.2) is 13.3 Å². The van der Waals surface area contributed by atoms with Crippen molar-refractivity contribution in [3.8, 4) is 0 Å². The third-order valence-corrected chi connectivity index (χ3v) is 4.49. The van der Waals surface area contributed by atoms with E-state index in [0.717, 1.165) is 10.6 Å². The van der Waals surface area contributed by atoms with E-state index in [9.17, 15) is 4.57 Å². The summed E-state index contributed by atoms with van der Waals surface area (Å²) < 4.78 is 10.4. The highest BCUT2D eigenvalue weighted by atomic mass is 35.7. The summed E-state index contributed by atoms with van der Waals surface area (Å²) in [6.07, 6.45) is -1.96. The number of hydrogen-bond donors (Lipinski definition) is 0. The van der Waals surface area contributed by atoms with Crippen LogP contribution in [0.2, 0.25) is 0 Å². The van der Waals surface area contributed by atoms with Gasteiger partial charge in [-0.3, -0.25) is 0 Å². The number of halogens is 1. The standard InChI is InChI=1S/C2H6ClOPS/c1-5(2,4)6-3/h1-2H3. The third-order valence-electron chi connectivity index (χ3n) is 0.166. The van der Waals surface area contributed by atoms with Crippen LogP contribution in [-0.2, 0) is 4.57 Å². The lowest BCUT2D eigenvalue weighted by atomic mass is 11.9. The molecule has 0 rings (SSSR count). The highest BCUT2D eigenvalue weighted by molar-refractivity contribution is 8.68. The predicted octanol–water partition coefficient (Wildman–Crippen LogP) is 2.41. The summed E-state index contributed by atoms with van der Waals surface area (Å²) in [4.78, 5) is 0. The molecule has 4 heteroatoms. The van der Waals surface area contributed by atoms with Crippen LogP contribution < -0.4 is 0 Å². The van der Waals surface area contributed by atoms with Crippen molar-refractivity contribution >= 4 is 27.6 Å². The van der Waals surface area contributed by atoms with E-state index >= 15 is 0 Å². The molecule has 1 nitrogen and oxygen atoms in total. The van der Waals surface area contributed by atoms with Gasteiger partial charge in [0.25, 0.3) is 0 Å². The summed E-state index contributed by atoms with van der Waals surface area (Å²) in [6, 6.07) is 0. The highest BCUT2D eigenvalue weighted by Gasteiger charge is 2.02. The molecule has 0 aliphatic heterocycles. The molecule has 0 aromatic heterocycles. The Hall–Kier alpha value is 0.870. The van der Waals surface area contributed by atoms with Crippen LogP contribution in [0.3, 0.4) is 0 Å². The summed E-state index contributed by atoms with van der Waals surface area (Å²) >= 11 is 0. The Labute approximate surface area is 46.1 Å². The minimum atomic E-state index is -1.96. The summed E-state index contributed by atoms with van der Waals surface area (Å²) in [5, 5.41) is 0. The molecule has 0 N–H and O–H groups in total. The van der Waals surface area contributed by atoms with Gasteiger partial charge in [-0.2, -0.15) is 0 Å². The molecule has 0 aromatic carbocycles. The molecule has 0 bridgehead atoms. The van der Waals surface area contributed by atoms with Gasteiger partial charge in [-0.05, 0) is 24.0 Å². The Balaban J connectivity index is 3.48. The van der Waals surface area contributed by atoms with E-state index in [2.05, 4.69) is 0 Å². The molecule has 6 heavy (non-hydrogen) atoms. The monoisotopic (exact) mass is 144 g/mol. The molecule has 0 atom stereocenters. The Bertz CT molecular complexity index is 77.6. The molecule has 0 amide bonds. The van der Waals surface area contributed by atoms with Crippen molar-refractivity contribution in [2.45, 2.75) is 0 Å². The Morgan fingerprint density at radius 1 is 1.67 bits per heavy atom. The lowest BCUT2D eigenvalue weighted by Crippen LogP contribution is -1.55. The molecule has 0 saturated heterocycles. The maximum Gasteiger partial charge on any atom is 0.148 e. The average molecular weight is 145 g/mol. The van der Waals surface area contributed by atoms with E-state index in [-0.39, 0.29) is 0 Å². The average Bonchev–Trinajstić information content (AvgIpc) is 1.35. The van der Waals surface area contributed by atoms with Gasteiger partial charge in [-0.15, -0.1) is 0 Å². The Morgan fingerprint density at radius 2 is 1.83 bits per heavy atom. The van der Waals surface area contributed by atoms with Gasteiger partial charge in [0.1, 0.15) is 6.34 Å². The topological polar surface area (TPSA) is 17.1 Å². The molecule has 0 saturated carbocycles. The summed E-state index contributed by atoms with van der Waals surface area (Å²) in [6.45, 7) is 3.26. The lowest BCUT2D eigenvalue weighted by Gasteiger charge is -1.92.